The van der Waals surface area contributed by atoms with Gasteiger partial charge in [-0.1, -0.05) is 24.3 Å². The van der Waals surface area contributed by atoms with Gasteiger partial charge in [-0.3, -0.25) is 9.59 Å². The highest BCUT2D eigenvalue weighted by molar-refractivity contribution is 6.02. The zero-order valence-corrected chi connectivity index (χ0v) is 10.7. The Balaban J connectivity index is 1.99. The number of aromatic hydroxyl groups is 1. The van der Waals surface area contributed by atoms with Crippen molar-refractivity contribution in [2.24, 2.45) is 0 Å². The average molecular weight is 282 g/mol. The van der Waals surface area contributed by atoms with Gasteiger partial charge in [0.05, 0.1) is 10.9 Å². The topological polar surface area (TPSA) is 97.1 Å². The minimum Gasteiger partial charge on any atom is -0.507 e. The summed E-state index contributed by atoms with van der Waals surface area (Å²) in [5.74, 6) is -0.837. The molecule has 0 unspecified atom stereocenters. The Morgan fingerprint density at radius 2 is 1.81 bits per heavy atom. The van der Waals surface area contributed by atoms with Crippen LogP contribution in [0.5, 0.6) is 5.75 Å². The van der Waals surface area contributed by atoms with Gasteiger partial charge in [-0.2, -0.15) is 0 Å². The van der Waals surface area contributed by atoms with Gasteiger partial charge in [-0.15, -0.1) is 9.89 Å². The normalized spacial score (nSPS) is 10.5. The van der Waals surface area contributed by atoms with Crippen molar-refractivity contribution in [2.45, 2.75) is 0 Å². The van der Waals surface area contributed by atoms with Crippen molar-refractivity contribution in [2.75, 3.05) is 5.43 Å². The van der Waals surface area contributed by atoms with Crippen molar-refractivity contribution >= 4 is 16.8 Å². The van der Waals surface area contributed by atoms with Crippen LogP contribution in [-0.4, -0.2) is 26.1 Å². The molecule has 2 N–H and O–H groups in total. The number of carbonyl (C=O) groups is 1. The molecule has 3 rings (SSSR count). The smallest absolute Gasteiger partial charge is 0.297 e. The van der Waals surface area contributed by atoms with Gasteiger partial charge in [-0.25, -0.2) is 5.43 Å². The highest BCUT2D eigenvalue weighted by Gasteiger charge is 2.13. The predicted octanol–water partition coefficient (Wildman–Crippen LogP) is 0.881. The molecule has 0 saturated carbocycles. The molecule has 7 nitrogen and oxygen atoms in total. The number of carbonyl (C=O) groups excluding carboxylic acids is 1. The van der Waals surface area contributed by atoms with Crippen LogP contribution in [0, 0.1) is 0 Å². The third-order valence-electron chi connectivity index (χ3n) is 2.92. The number of phenols is 1. The van der Waals surface area contributed by atoms with E-state index in [0.29, 0.717) is 10.9 Å². The van der Waals surface area contributed by atoms with Crippen LogP contribution in [0.25, 0.3) is 10.9 Å². The number of hydrogen-bond acceptors (Lipinski definition) is 5. The van der Waals surface area contributed by atoms with E-state index in [-0.39, 0.29) is 11.3 Å². The van der Waals surface area contributed by atoms with E-state index in [1.54, 1.807) is 36.4 Å². The summed E-state index contributed by atoms with van der Waals surface area (Å²) in [7, 11) is 0. The number of phenolic OH excluding ortho intramolecular Hbond substituents is 1. The number of aromatic nitrogens is 3. The first kappa shape index (κ1) is 12.8. The lowest BCUT2D eigenvalue weighted by Crippen LogP contribution is -2.35. The Kier molecular flexibility index (Phi) is 3.07. The van der Waals surface area contributed by atoms with Crippen LogP contribution in [-0.2, 0) is 0 Å². The van der Waals surface area contributed by atoms with Crippen LogP contribution in [0.1, 0.15) is 10.4 Å². The van der Waals surface area contributed by atoms with Crippen molar-refractivity contribution in [1.82, 2.24) is 15.1 Å². The molecule has 0 fully saturated rings. The van der Waals surface area contributed by atoms with E-state index in [0.717, 1.165) is 4.79 Å². The summed E-state index contributed by atoms with van der Waals surface area (Å²) in [6.07, 6.45) is 0. The molecule has 0 aliphatic heterocycles. The Hall–Kier alpha value is -3.22. The number of para-hydroxylation sites is 1. The second-order valence-electron chi connectivity index (χ2n) is 4.28. The molecule has 0 spiro atoms. The summed E-state index contributed by atoms with van der Waals surface area (Å²) in [6, 6.07) is 12.7. The molecular weight excluding hydrogens is 272 g/mol. The molecule has 1 heterocycles. The average Bonchev–Trinajstić information content (AvgIpc) is 2.51. The fraction of sp³-hybridized carbons (Fsp3) is 0. The van der Waals surface area contributed by atoms with Crippen molar-refractivity contribution in [3.8, 4) is 5.75 Å². The number of benzene rings is 2. The molecule has 104 valence electrons. The second-order valence-corrected chi connectivity index (χ2v) is 4.28. The van der Waals surface area contributed by atoms with Crippen molar-refractivity contribution in [3.63, 3.8) is 0 Å². The first-order chi connectivity index (χ1) is 10.2. The first-order valence-electron chi connectivity index (χ1n) is 6.11. The van der Waals surface area contributed by atoms with Gasteiger partial charge < -0.3 is 5.11 Å². The van der Waals surface area contributed by atoms with Crippen LogP contribution >= 0.6 is 0 Å². The molecule has 0 aliphatic rings. The molecule has 0 atom stereocenters. The van der Waals surface area contributed by atoms with Gasteiger partial charge in [0.25, 0.3) is 11.5 Å². The van der Waals surface area contributed by atoms with Crippen LogP contribution in [0.2, 0.25) is 0 Å². The molecule has 3 aromatic rings. The minimum atomic E-state index is -0.653. The predicted molar refractivity (Wildman–Crippen MR) is 75.6 cm³/mol. The molecule has 0 aliphatic carbocycles. The number of nitrogens with zero attached hydrogens (tertiary/aromatic N) is 3. The summed E-state index contributed by atoms with van der Waals surface area (Å²) >= 11 is 0. The van der Waals surface area contributed by atoms with Crippen molar-refractivity contribution < 1.29 is 9.90 Å². The monoisotopic (exact) mass is 282 g/mol. The minimum absolute atomic E-state index is 0.0411. The highest BCUT2D eigenvalue weighted by atomic mass is 16.3. The zero-order valence-electron chi connectivity index (χ0n) is 10.7. The first-order valence-corrected chi connectivity index (χ1v) is 6.11. The van der Waals surface area contributed by atoms with Gasteiger partial charge in [0.15, 0.2) is 0 Å². The molecule has 0 radical (unpaired) electrons. The SMILES string of the molecule is O=C(Nn1nnc2ccccc2c1=O)c1ccccc1O. The molecule has 0 saturated heterocycles. The molecule has 1 amide bonds. The van der Waals surface area contributed by atoms with Crippen LogP contribution in [0.4, 0.5) is 0 Å². The fourth-order valence-corrected chi connectivity index (χ4v) is 1.88. The largest absolute Gasteiger partial charge is 0.507 e. The van der Waals surface area contributed by atoms with Crippen molar-refractivity contribution in [1.29, 1.82) is 0 Å². The standard InChI is InChI=1S/C14H10N4O3/c19-12-8-4-2-6-10(12)13(20)16-18-14(21)9-5-1-3-7-11(9)15-17-18/h1-8,19H,(H,16,20). The maximum Gasteiger partial charge on any atom is 0.297 e. The summed E-state index contributed by atoms with van der Waals surface area (Å²) in [5.41, 5.74) is 2.28. The Morgan fingerprint density at radius 3 is 2.62 bits per heavy atom. The molecule has 2 aromatic carbocycles. The third-order valence-corrected chi connectivity index (χ3v) is 2.92. The third kappa shape index (κ3) is 2.32. The quantitative estimate of drug-likeness (QED) is 0.727. The van der Waals surface area contributed by atoms with E-state index in [1.807, 2.05) is 0 Å². The molecule has 1 aromatic heterocycles. The van der Waals surface area contributed by atoms with Crippen LogP contribution in [0.3, 0.4) is 0 Å². The highest BCUT2D eigenvalue weighted by Crippen LogP contribution is 2.15. The lowest BCUT2D eigenvalue weighted by molar-refractivity contribution is 0.100. The molecular formula is C14H10N4O3. The molecule has 21 heavy (non-hydrogen) atoms. The van der Waals surface area contributed by atoms with Gasteiger partial charge in [0.2, 0.25) is 0 Å². The van der Waals surface area contributed by atoms with E-state index >= 15 is 0 Å². The summed E-state index contributed by atoms with van der Waals surface area (Å²) < 4.78 is 0. The van der Waals surface area contributed by atoms with Crippen molar-refractivity contribution in [3.05, 3.63) is 64.4 Å². The Bertz CT molecular complexity index is 889. The number of rotatable bonds is 2. The second kappa shape index (κ2) is 5.04. The Labute approximate surface area is 118 Å². The van der Waals surface area contributed by atoms with Gasteiger partial charge in [-0.05, 0) is 29.5 Å². The van der Waals surface area contributed by atoms with E-state index in [2.05, 4.69) is 15.7 Å². The number of fused-ring (bicyclic) bond motifs is 1. The summed E-state index contributed by atoms with van der Waals surface area (Å²) in [4.78, 5) is 24.9. The number of amides is 1. The van der Waals surface area contributed by atoms with Crippen LogP contribution < -0.4 is 11.0 Å². The van der Waals surface area contributed by atoms with E-state index in [9.17, 15) is 14.7 Å². The summed E-state index contributed by atoms with van der Waals surface area (Å²) in [6.45, 7) is 0. The van der Waals surface area contributed by atoms with Crippen LogP contribution in [0.15, 0.2) is 53.3 Å². The van der Waals surface area contributed by atoms with E-state index in [4.69, 9.17) is 0 Å². The lowest BCUT2D eigenvalue weighted by Gasteiger charge is -2.07. The maximum atomic E-state index is 12.2. The summed E-state index contributed by atoms with van der Waals surface area (Å²) in [5, 5.41) is 17.4. The van der Waals surface area contributed by atoms with Gasteiger partial charge in [0, 0.05) is 0 Å². The fourth-order valence-electron chi connectivity index (χ4n) is 1.88. The maximum absolute atomic E-state index is 12.2. The molecule has 7 heteroatoms. The number of nitrogens with one attached hydrogen (secondary N) is 1. The van der Waals surface area contributed by atoms with E-state index in [1.165, 1.54) is 12.1 Å². The Morgan fingerprint density at radius 1 is 1.10 bits per heavy atom. The number of hydrogen-bond donors (Lipinski definition) is 2. The zero-order chi connectivity index (χ0) is 14.8. The van der Waals surface area contributed by atoms with Gasteiger partial charge in [0.1, 0.15) is 11.3 Å². The van der Waals surface area contributed by atoms with Gasteiger partial charge >= 0.3 is 0 Å². The molecule has 0 bridgehead atoms. The van der Waals surface area contributed by atoms with E-state index < -0.39 is 11.5 Å². The lowest BCUT2D eigenvalue weighted by atomic mass is 10.2.